The maximum atomic E-state index is 12.5. The van der Waals surface area contributed by atoms with Gasteiger partial charge in [-0.2, -0.15) is 0 Å². The van der Waals surface area contributed by atoms with E-state index in [4.69, 9.17) is 21.1 Å². The zero-order valence-corrected chi connectivity index (χ0v) is 18.2. The van der Waals surface area contributed by atoms with Gasteiger partial charge in [0.15, 0.2) is 6.10 Å². The third-order valence-corrected chi connectivity index (χ3v) is 5.00. The number of carbonyl (C=O) groups excluding carboxylic acids is 2. The zero-order chi connectivity index (χ0) is 22.4. The first-order valence-corrected chi connectivity index (χ1v) is 10.0. The van der Waals surface area contributed by atoms with Crippen molar-refractivity contribution >= 4 is 34.8 Å². The van der Waals surface area contributed by atoms with Crippen molar-refractivity contribution in [3.8, 4) is 11.5 Å². The van der Waals surface area contributed by atoms with Gasteiger partial charge in [-0.3, -0.25) is 9.59 Å². The Bertz CT molecular complexity index is 1080. The maximum absolute atomic E-state index is 12.5. The van der Waals surface area contributed by atoms with Crippen LogP contribution in [-0.2, 0) is 4.79 Å². The van der Waals surface area contributed by atoms with E-state index in [2.05, 4.69) is 10.6 Å². The molecule has 160 valence electrons. The molecule has 6 nitrogen and oxygen atoms in total. The van der Waals surface area contributed by atoms with Gasteiger partial charge in [0, 0.05) is 16.3 Å². The molecule has 3 aromatic rings. The number of halogens is 1. The van der Waals surface area contributed by atoms with E-state index in [1.54, 1.807) is 62.6 Å². The van der Waals surface area contributed by atoms with Gasteiger partial charge < -0.3 is 20.1 Å². The first-order valence-electron chi connectivity index (χ1n) is 9.65. The summed E-state index contributed by atoms with van der Waals surface area (Å²) >= 11 is 6.09. The maximum Gasteiger partial charge on any atom is 0.265 e. The van der Waals surface area contributed by atoms with E-state index >= 15 is 0 Å². The fourth-order valence-corrected chi connectivity index (χ4v) is 2.98. The molecule has 2 N–H and O–H groups in total. The number of para-hydroxylation sites is 2. The number of carbonyl (C=O) groups is 2. The molecule has 7 heteroatoms. The van der Waals surface area contributed by atoms with E-state index < -0.39 is 6.10 Å². The molecule has 0 aliphatic rings. The molecular formula is C24H23ClN2O4. The topological polar surface area (TPSA) is 76.7 Å². The van der Waals surface area contributed by atoms with Crippen molar-refractivity contribution in [2.75, 3.05) is 17.7 Å². The predicted molar refractivity (Wildman–Crippen MR) is 122 cm³/mol. The molecule has 0 radical (unpaired) electrons. The summed E-state index contributed by atoms with van der Waals surface area (Å²) in [5.41, 5.74) is 2.56. The lowest BCUT2D eigenvalue weighted by atomic mass is 10.2. The van der Waals surface area contributed by atoms with Crippen LogP contribution in [0.5, 0.6) is 11.5 Å². The lowest BCUT2D eigenvalue weighted by Crippen LogP contribution is -2.30. The highest BCUT2D eigenvalue weighted by atomic mass is 35.5. The van der Waals surface area contributed by atoms with E-state index in [0.29, 0.717) is 33.5 Å². The van der Waals surface area contributed by atoms with Crippen LogP contribution in [0.3, 0.4) is 0 Å². The summed E-state index contributed by atoms with van der Waals surface area (Å²) in [6, 6.07) is 19.0. The lowest BCUT2D eigenvalue weighted by Gasteiger charge is -2.15. The van der Waals surface area contributed by atoms with Crippen LogP contribution < -0.4 is 20.1 Å². The molecule has 3 aromatic carbocycles. The average molecular weight is 439 g/mol. The molecule has 0 spiro atoms. The van der Waals surface area contributed by atoms with Gasteiger partial charge >= 0.3 is 0 Å². The van der Waals surface area contributed by atoms with Gasteiger partial charge in [0.25, 0.3) is 11.8 Å². The molecular weight excluding hydrogens is 416 g/mol. The molecule has 1 atom stereocenters. The van der Waals surface area contributed by atoms with Crippen molar-refractivity contribution in [1.82, 2.24) is 0 Å². The Morgan fingerprint density at radius 1 is 0.968 bits per heavy atom. The Labute approximate surface area is 186 Å². The van der Waals surface area contributed by atoms with Gasteiger partial charge in [0.05, 0.1) is 12.8 Å². The highest BCUT2D eigenvalue weighted by molar-refractivity contribution is 6.31. The number of hydrogen-bond donors (Lipinski definition) is 2. The fourth-order valence-electron chi connectivity index (χ4n) is 2.80. The number of methoxy groups -OCH3 is 1. The summed E-state index contributed by atoms with van der Waals surface area (Å²) in [6.45, 7) is 3.54. The molecule has 3 rings (SSSR count). The first kappa shape index (κ1) is 22.2. The number of hydrogen-bond acceptors (Lipinski definition) is 4. The van der Waals surface area contributed by atoms with Crippen LogP contribution in [0.1, 0.15) is 22.8 Å². The second kappa shape index (κ2) is 10.00. The fraction of sp³-hybridized carbons (Fsp3) is 0.167. The summed E-state index contributed by atoms with van der Waals surface area (Å²) in [7, 11) is 1.54. The number of amides is 2. The predicted octanol–water partition coefficient (Wildman–Crippen LogP) is 5.32. The molecule has 0 saturated heterocycles. The first-order chi connectivity index (χ1) is 14.9. The summed E-state index contributed by atoms with van der Waals surface area (Å²) in [5, 5.41) is 6.16. The van der Waals surface area contributed by atoms with E-state index in [9.17, 15) is 9.59 Å². The normalized spacial score (nSPS) is 11.4. The van der Waals surface area contributed by atoms with Crippen LogP contribution in [-0.4, -0.2) is 25.0 Å². The molecule has 0 fully saturated rings. The Hall–Kier alpha value is -3.51. The molecule has 0 bridgehead atoms. The monoisotopic (exact) mass is 438 g/mol. The molecule has 1 unspecified atom stereocenters. The van der Waals surface area contributed by atoms with Crippen LogP contribution in [0.25, 0.3) is 0 Å². The second-order valence-corrected chi connectivity index (χ2v) is 7.30. The lowest BCUT2D eigenvalue weighted by molar-refractivity contribution is -0.122. The van der Waals surface area contributed by atoms with Crippen LogP contribution in [0.2, 0.25) is 5.02 Å². The number of rotatable bonds is 7. The molecule has 0 aliphatic heterocycles. The van der Waals surface area contributed by atoms with E-state index in [-0.39, 0.29) is 11.8 Å². The minimum atomic E-state index is -0.742. The van der Waals surface area contributed by atoms with Crippen LogP contribution in [0, 0.1) is 6.92 Å². The van der Waals surface area contributed by atoms with Gasteiger partial charge in [-0.15, -0.1) is 0 Å². The van der Waals surface area contributed by atoms with Crippen molar-refractivity contribution in [1.29, 1.82) is 0 Å². The van der Waals surface area contributed by atoms with Gasteiger partial charge in [-0.25, -0.2) is 0 Å². The summed E-state index contributed by atoms with van der Waals surface area (Å²) in [5.74, 6) is 0.458. The Balaban J connectivity index is 1.59. The molecule has 0 aliphatic carbocycles. The third kappa shape index (κ3) is 5.77. The minimum Gasteiger partial charge on any atom is -0.495 e. The zero-order valence-electron chi connectivity index (χ0n) is 17.4. The number of nitrogens with one attached hydrogen (secondary N) is 2. The quantitative estimate of drug-likeness (QED) is 0.523. The van der Waals surface area contributed by atoms with E-state index in [1.807, 2.05) is 25.1 Å². The standard InChI is InChI=1S/C24H23ClN2O4/c1-15-8-11-18(14-20(15)25)26-23(28)16(2)31-19-12-9-17(10-13-19)24(29)27-21-6-4-5-7-22(21)30-3/h4-14,16H,1-3H3,(H,26,28)(H,27,29). The summed E-state index contributed by atoms with van der Waals surface area (Å²) in [6.07, 6.45) is -0.742. The highest BCUT2D eigenvalue weighted by Crippen LogP contribution is 2.24. The number of aryl methyl sites for hydroxylation is 1. The number of anilines is 2. The van der Waals surface area contributed by atoms with Crippen molar-refractivity contribution in [3.05, 3.63) is 82.9 Å². The molecule has 31 heavy (non-hydrogen) atoms. The van der Waals surface area contributed by atoms with Crippen molar-refractivity contribution in [2.45, 2.75) is 20.0 Å². The van der Waals surface area contributed by atoms with Crippen LogP contribution >= 0.6 is 11.6 Å². The van der Waals surface area contributed by atoms with Crippen molar-refractivity contribution in [3.63, 3.8) is 0 Å². The van der Waals surface area contributed by atoms with Crippen LogP contribution in [0.4, 0.5) is 11.4 Å². The second-order valence-electron chi connectivity index (χ2n) is 6.89. The van der Waals surface area contributed by atoms with Crippen molar-refractivity contribution in [2.24, 2.45) is 0 Å². The van der Waals surface area contributed by atoms with Crippen molar-refractivity contribution < 1.29 is 19.1 Å². The third-order valence-electron chi connectivity index (χ3n) is 4.59. The van der Waals surface area contributed by atoms with Gasteiger partial charge in [0.1, 0.15) is 11.5 Å². The van der Waals surface area contributed by atoms with E-state index in [0.717, 1.165) is 5.56 Å². The van der Waals surface area contributed by atoms with E-state index in [1.165, 1.54) is 0 Å². The SMILES string of the molecule is COc1ccccc1NC(=O)c1ccc(OC(C)C(=O)Nc2ccc(C)c(Cl)c2)cc1. The Morgan fingerprint density at radius 2 is 1.68 bits per heavy atom. The highest BCUT2D eigenvalue weighted by Gasteiger charge is 2.16. The summed E-state index contributed by atoms with van der Waals surface area (Å²) in [4.78, 5) is 24.9. The molecule has 0 heterocycles. The van der Waals surface area contributed by atoms with Gasteiger partial charge in [-0.05, 0) is 67.9 Å². The Kier molecular flexibility index (Phi) is 7.15. The average Bonchev–Trinajstić information content (AvgIpc) is 2.77. The minimum absolute atomic E-state index is 0.280. The smallest absolute Gasteiger partial charge is 0.265 e. The number of benzene rings is 3. The molecule has 2 amide bonds. The Morgan fingerprint density at radius 3 is 2.35 bits per heavy atom. The number of ether oxygens (including phenoxy) is 2. The molecule has 0 aromatic heterocycles. The van der Waals surface area contributed by atoms with Gasteiger partial charge in [-0.1, -0.05) is 29.8 Å². The largest absolute Gasteiger partial charge is 0.495 e. The van der Waals surface area contributed by atoms with Gasteiger partial charge in [0.2, 0.25) is 0 Å². The molecule has 0 saturated carbocycles. The van der Waals surface area contributed by atoms with Crippen LogP contribution in [0.15, 0.2) is 66.7 Å². The summed E-state index contributed by atoms with van der Waals surface area (Å²) < 4.78 is 10.9.